The van der Waals surface area contributed by atoms with Crippen molar-refractivity contribution in [3.05, 3.63) is 52.4 Å². The summed E-state index contributed by atoms with van der Waals surface area (Å²) in [6, 6.07) is 8.99. The number of likely N-dealkylation sites (tertiary alicyclic amines) is 1. The first-order valence-electron chi connectivity index (χ1n) is 9.15. The number of nitrogens with zero attached hydrogens (tertiary/aromatic N) is 4. The molecule has 0 radical (unpaired) electrons. The van der Waals surface area contributed by atoms with Crippen molar-refractivity contribution in [1.29, 1.82) is 0 Å². The molecule has 3 heterocycles. The first-order valence-corrected chi connectivity index (χ1v) is 9.90. The minimum atomic E-state index is -0.0529. The van der Waals surface area contributed by atoms with Crippen molar-refractivity contribution in [1.82, 2.24) is 19.4 Å². The molecule has 2 aromatic heterocycles. The molecule has 0 unspecified atom stereocenters. The van der Waals surface area contributed by atoms with Crippen LogP contribution in [0.25, 0.3) is 16.9 Å². The minimum absolute atomic E-state index is 0.0529. The Hall–Kier alpha value is -2.11. The van der Waals surface area contributed by atoms with E-state index in [0.29, 0.717) is 32.4 Å². The summed E-state index contributed by atoms with van der Waals surface area (Å²) in [5.41, 5.74) is 2.39. The monoisotopic (exact) mass is 400 g/mol. The number of hydrogen-bond donors (Lipinski definition) is 0. The predicted molar refractivity (Wildman–Crippen MR) is 106 cm³/mol. The summed E-state index contributed by atoms with van der Waals surface area (Å²) in [5.74, 6) is 0.321. The van der Waals surface area contributed by atoms with Gasteiger partial charge < -0.3 is 4.90 Å². The summed E-state index contributed by atoms with van der Waals surface area (Å²) < 4.78 is 1.78. The molecular weight excluding hydrogens is 383 g/mol. The van der Waals surface area contributed by atoms with E-state index < -0.39 is 0 Å². The number of benzene rings is 1. The van der Waals surface area contributed by atoms with E-state index in [1.54, 1.807) is 22.9 Å². The predicted octanol–water partition coefficient (Wildman–Crippen LogP) is 4.74. The van der Waals surface area contributed by atoms with Crippen LogP contribution in [0.4, 0.5) is 0 Å². The fourth-order valence-electron chi connectivity index (χ4n) is 4.26. The number of amides is 1. The number of pyridine rings is 1. The van der Waals surface area contributed by atoms with Crippen molar-refractivity contribution in [3.63, 3.8) is 0 Å². The molecule has 2 fully saturated rings. The lowest BCUT2D eigenvalue weighted by atomic mass is 9.68. The lowest BCUT2D eigenvalue weighted by Crippen LogP contribution is -2.36. The van der Waals surface area contributed by atoms with Gasteiger partial charge in [-0.3, -0.25) is 9.36 Å². The van der Waals surface area contributed by atoms with Crippen LogP contribution in [0, 0.1) is 5.41 Å². The van der Waals surface area contributed by atoms with Gasteiger partial charge in [-0.25, -0.2) is 9.97 Å². The van der Waals surface area contributed by atoms with Crippen LogP contribution in [-0.2, 0) is 0 Å². The van der Waals surface area contributed by atoms with Crippen LogP contribution in [0.1, 0.15) is 36.3 Å². The molecule has 1 spiro atoms. The second-order valence-corrected chi connectivity index (χ2v) is 8.36. The SMILES string of the molecule is O=C(c1nc2cccnc2n1-c1ccc(Cl)c(Cl)c1)N1CCC2(CCC2)C1. The molecular formula is C20H18Cl2N4O. The van der Waals surface area contributed by atoms with E-state index in [1.165, 1.54) is 19.3 Å². The normalized spacial score (nSPS) is 18.2. The molecule has 0 N–H and O–H groups in total. The van der Waals surface area contributed by atoms with Gasteiger partial charge in [0.25, 0.3) is 5.91 Å². The van der Waals surface area contributed by atoms with Crippen LogP contribution >= 0.6 is 23.2 Å². The van der Waals surface area contributed by atoms with Crippen molar-refractivity contribution >= 4 is 40.3 Å². The molecule has 138 valence electrons. The smallest absolute Gasteiger partial charge is 0.290 e. The Balaban J connectivity index is 1.61. The van der Waals surface area contributed by atoms with Crippen molar-refractivity contribution in [2.45, 2.75) is 25.7 Å². The summed E-state index contributed by atoms with van der Waals surface area (Å²) in [4.78, 5) is 24.3. The Labute approximate surface area is 166 Å². The quantitative estimate of drug-likeness (QED) is 0.623. The van der Waals surface area contributed by atoms with Gasteiger partial charge >= 0.3 is 0 Å². The van der Waals surface area contributed by atoms with Crippen molar-refractivity contribution in [3.8, 4) is 5.69 Å². The Morgan fingerprint density at radius 2 is 1.96 bits per heavy atom. The summed E-state index contributed by atoms with van der Waals surface area (Å²) in [6.07, 6.45) is 6.51. The molecule has 1 saturated carbocycles. The zero-order chi connectivity index (χ0) is 18.6. The molecule has 0 atom stereocenters. The van der Waals surface area contributed by atoms with E-state index in [4.69, 9.17) is 23.2 Å². The standard InChI is InChI=1S/C20H18Cl2N4O/c21-14-5-4-13(11-15(14)22)26-17-16(3-1-9-23-17)24-18(26)19(27)25-10-8-20(12-25)6-2-7-20/h1,3-5,9,11H,2,6-8,10,12H2. The van der Waals surface area contributed by atoms with Gasteiger partial charge in [0.2, 0.25) is 5.82 Å². The highest BCUT2D eigenvalue weighted by Gasteiger charge is 2.45. The molecule has 0 bridgehead atoms. The van der Waals surface area contributed by atoms with E-state index in [0.717, 1.165) is 25.2 Å². The average Bonchev–Trinajstić information content (AvgIpc) is 3.25. The summed E-state index contributed by atoms with van der Waals surface area (Å²) in [7, 11) is 0. The lowest BCUT2D eigenvalue weighted by Gasteiger charge is -2.37. The summed E-state index contributed by atoms with van der Waals surface area (Å²) >= 11 is 12.3. The van der Waals surface area contributed by atoms with Gasteiger partial charge in [-0.15, -0.1) is 0 Å². The van der Waals surface area contributed by atoms with Gasteiger partial charge in [0.15, 0.2) is 5.65 Å². The lowest BCUT2D eigenvalue weighted by molar-refractivity contribution is 0.0719. The highest BCUT2D eigenvalue weighted by atomic mass is 35.5. The van der Waals surface area contributed by atoms with E-state index in [9.17, 15) is 4.79 Å². The zero-order valence-electron chi connectivity index (χ0n) is 14.7. The average molecular weight is 401 g/mol. The molecule has 1 saturated heterocycles. The van der Waals surface area contributed by atoms with E-state index >= 15 is 0 Å². The summed E-state index contributed by atoms with van der Waals surface area (Å²) in [5, 5.41) is 0.900. The number of imidazole rings is 1. The van der Waals surface area contributed by atoms with E-state index in [-0.39, 0.29) is 5.91 Å². The number of rotatable bonds is 2. The number of carbonyl (C=O) groups excluding carboxylic acids is 1. The number of carbonyl (C=O) groups is 1. The second-order valence-electron chi connectivity index (χ2n) is 7.55. The van der Waals surface area contributed by atoms with Crippen molar-refractivity contribution < 1.29 is 4.79 Å². The molecule has 7 heteroatoms. The molecule has 5 nitrogen and oxygen atoms in total. The minimum Gasteiger partial charge on any atom is -0.335 e. The largest absolute Gasteiger partial charge is 0.335 e. The Kier molecular flexibility index (Phi) is 3.92. The van der Waals surface area contributed by atoms with Crippen molar-refractivity contribution in [2.24, 2.45) is 5.41 Å². The topological polar surface area (TPSA) is 51.0 Å². The van der Waals surface area contributed by atoms with E-state index in [2.05, 4.69) is 9.97 Å². The van der Waals surface area contributed by atoms with Gasteiger partial charge in [-0.05, 0) is 55.0 Å². The molecule has 1 aliphatic heterocycles. The van der Waals surface area contributed by atoms with E-state index in [1.807, 2.05) is 23.1 Å². The number of halogens is 2. The Morgan fingerprint density at radius 3 is 2.67 bits per heavy atom. The maximum Gasteiger partial charge on any atom is 0.290 e. The highest BCUT2D eigenvalue weighted by molar-refractivity contribution is 6.42. The molecule has 3 aromatic rings. The number of fused-ring (bicyclic) bond motifs is 1. The Morgan fingerprint density at radius 1 is 1.11 bits per heavy atom. The van der Waals surface area contributed by atoms with Crippen LogP contribution < -0.4 is 0 Å². The first kappa shape index (κ1) is 17.0. The molecule has 2 aliphatic rings. The third-order valence-corrected chi connectivity index (χ3v) is 6.65. The van der Waals surface area contributed by atoms with Gasteiger partial charge in [-0.1, -0.05) is 29.6 Å². The van der Waals surface area contributed by atoms with Crippen LogP contribution in [0.2, 0.25) is 10.0 Å². The third-order valence-electron chi connectivity index (χ3n) is 5.91. The van der Waals surface area contributed by atoms with Crippen LogP contribution in [0.3, 0.4) is 0 Å². The van der Waals surface area contributed by atoms with Crippen molar-refractivity contribution in [2.75, 3.05) is 13.1 Å². The van der Waals surface area contributed by atoms with Crippen LogP contribution in [0.5, 0.6) is 0 Å². The first-order chi connectivity index (χ1) is 13.1. The fourth-order valence-corrected chi connectivity index (χ4v) is 4.55. The van der Waals surface area contributed by atoms with Crippen LogP contribution in [0.15, 0.2) is 36.5 Å². The molecule has 27 heavy (non-hydrogen) atoms. The maximum absolute atomic E-state index is 13.3. The number of aromatic nitrogens is 3. The van der Waals surface area contributed by atoms with Gasteiger partial charge in [0.1, 0.15) is 5.52 Å². The van der Waals surface area contributed by atoms with Crippen LogP contribution in [-0.4, -0.2) is 38.4 Å². The molecule has 1 amide bonds. The zero-order valence-corrected chi connectivity index (χ0v) is 16.2. The van der Waals surface area contributed by atoms with Gasteiger partial charge in [0.05, 0.1) is 15.7 Å². The fraction of sp³-hybridized carbons (Fsp3) is 0.350. The molecule has 1 aliphatic carbocycles. The molecule has 1 aromatic carbocycles. The van der Waals surface area contributed by atoms with Gasteiger partial charge in [0, 0.05) is 19.3 Å². The molecule has 5 rings (SSSR count). The second kappa shape index (κ2) is 6.21. The summed E-state index contributed by atoms with van der Waals surface area (Å²) in [6.45, 7) is 1.61. The Bertz CT molecular complexity index is 1060. The maximum atomic E-state index is 13.3. The highest BCUT2D eigenvalue weighted by Crippen LogP contribution is 2.48. The van der Waals surface area contributed by atoms with Gasteiger partial charge in [-0.2, -0.15) is 0 Å². The number of hydrogen-bond acceptors (Lipinski definition) is 3. The third kappa shape index (κ3) is 2.72.